The van der Waals surface area contributed by atoms with Gasteiger partial charge in [0.1, 0.15) is 0 Å². The van der Waals surface area contributed by atoms with Crippen LogP contribution in [0.5, 0.6) is 0 Å². The Labute approximate surface area is 190 Å². The minimum Gasteiger partial charge on any atom is -0.481 e. The number of unbranched alkanes of at least 4 members (excludes halogenated alkanes) is 5. The first-order valence-corrected chi connectivity index (χ1v) is 12.3. The molecule has 0 bridgehead atoms. The first-order valence-electron chi connectivity index (χ1n) is 11.8. The van der Waals surface area contributed by atoms with E-state index in [2.05, 4.69) is 19.1 Å². The lowest BCUT2D eigenvalue weighted by molar-refractivity contribution is -0.155. The Morgan fingerprint density at radius 2 is 1.45 bits per heavy atom. The van der Waals surface area contributed by atoms with Crippen LogP contribution in [0.4, 0.5) is 0 Å². The normalized spacial score (nSPS) is 16.8. The quantitative estimate of drug-likeness (QED) is 0.217. The molecule has 1 saturated carbocycles. The predicted octanol–water partition coefficient (Wildman–Crippen LogP) is 7.40. The number of ketones is 1. The van der Waals surface area contributed by atoms with E-state index >= 15 is 0 Å². The topological polar surface area (TPSA) is 71.4 Å². The van der Waals surface area contributed by atoms with Crippen LogP contribution in [-0.2, 0) is 9.36 Å². The van der Waals surface area contributed by atoms with Crippen molar-refractivity contribution in [3.63, 3.8) is 0 Å². The number of hydrogen-bond acceptors (Lipinski definition) is 3. The number of carboxylic acid groups (broad SMARTS) is 1. The third-order valence-electron chi connectivity index (χ3n) is 7.35. The van der Waals surface area contributed by atoms with Gasteiger partial charge in [-0.05, 0) is 58.1 Å². The smallest absolute Gasteiger partial charge is 0.310 e. The molecular formula is C26H42O4P+. The zero-order valence-electron chi connectivity index (χ0n) is 20.2. The van der Waals surface area contributed by atoms with E-state index < -0.39 is 16.8 Å². The van der Waals surface area contributed by atoms with Crippen molar-refractivity contribution < 1.29 is 19.3 Å². The van der Waals surface area contributed by atoms with Crippen LogP contribution < -0.4 is 0 Å². The van der Waals surface area contributed by atoms with Crippen LogP contribution in [0, 0.1) is 31.6 Å². The third-order valence-corrected chi connectivity index (χ3v) is 7.35. The molecule has 1 N–H and O–H groups in total. The molecule has 2 rings (SSSR count). The molecule has 1 aromatic carbocycles. The van der Waals surface area contributed by atoms with E-state index in [1.165, 1.54) is 28.4 Å². The Morgan fingerprint density at radius 3 is 1.94 bits per heavy atom. The van der Waals surface area contributed by atoms with Crippen LogP contribution in [0.25, 0.3) is 0 Å². The molecule has 1 aliphatic rings. The molecule has 31 heavy (non-hydrogen) atoms. The van der Waals surface area contributed by atoms with E-state index in [0.717, 1.165) is 54.4 Å². The molecule has 174 valence electrons. The van der Waals surface area contributed by atoms with Gasteiger partial charge >= 0.3 is 15.1 Å². The number of hydrogen-bond donors (Lipinski definition) is 1. The second kappa shape index (κ2) is 12.5. The fraction of sp³-hybridized carbons (Fsp3) is 0.692. The minimum absolute atomic E-state index is 0.0703. The highest BCUT2D eigenvalue weighted by Gasteiger charge is 2.58. The monoisotopic (exact) mass is 449 g/mol. The molecule has 2 unspecified atom stereocenters. The number of Topliss-reactive ketones (excluding diaryl/α,β-unsaturated/α-hetero) is 1. The molecule has 1 aliphatic carbocycles. The van der Waals surface area contributed by atoms with Gasteiger partial charge in [0.25, 0.3) is 0 Å². The molecule has 5 heteroatoms. The average molecular weight is 450 g/mol. The van der Waals surface area contributed by atoms with E-state index in [9.17, 15) is 14.7 Å². The molecular weight excluding hydrogens is 407 g/mol. The van der Waals surface area contributed by atoms with E-state index in [1.807, 2.05) is 27.7 Å². The maximum absolute atomic E-state index is 14.0. The van der Waals surface area contributed by atoms with Gasteiger partial charge < -0.3 is 5.11 Å². The van der Waals surface area contributed by atoms with Crippen LogP contribution in [0.1, 0.15) is 112 Å². The van der Waals surface area contributed by atoms with E-state index in [1.54, 1.807) is 0 Å². The van der Waals surface area contributed by atoms with Gasteiger partial charge in [-0.1, -0.05) is 80.6 Å². The molecule has 1 fully saturated rings. The molecule has 0 aliphatic heterocycles. The second-order valence-electron chi connectivity index (χ2n) is 9.55. The number of aryl methyl sites for hydroxylation is 3. The van der Waals surface area contributed by atoms with Gasteiger partial charge in [-0.15, -0.1) is 0 Å². The Bertz CT molecular complexity index is 729. The molecule has 0 spiro atoms. The summed E-state index contributed by atoms with van der Waals surface area (Å²) < 4.78 is 8.17. The van der Waals surface area contributed by atoms with Crippen molar-refractivity contribution in [1.29, 1.82) is 0 Å². The summed E-state index contributed by atoms with van der Waals surface area (Å²) >= 11 is 0. The number of carbonyl (C=O) groups excluding carboxylic acids is 1. The molecule has 1 aromatic rings. The molecule has 4 nitrogen and oxygen atoms in total. The summed E-state index contributed by atoms with van der Waals surface area (Å²) in [5.41, 5.74) is 2.07. The standard InChI is InChI=1S/C26H40O3.H2OP/c1-6-7-8-9-10-11-14-25(5,24(28)29)26(15-12-13-16-26)23(27)22-20(3)17-19(2)18-21(22)4;1-2/h17-18H,6-16H2,1-5H3,(H,28,29);2H2/q;+1. The van der Waals surface area contributed by atoms with Gasteiger partial charge in [0.15, 0.2) is 5.78 Å². The first-order chi connectivity index (χ1) is 14.7. The summed E-state index contributed by atoms with van der Waals surface area (Å²) in [5, 5.41) is 10.3. The lowest BCUT2D eigenvalue weighted by Crippen LogP contribution is -2.49. The summed E-state index contributed by atoms with van der Waals surface area (Å²) in [7, 11) is 1.17. The van der Waals surface area contributed by atoms with Crippen molar-refractivity contribution >= 4 is 20.9 Å². The van der Waals surface area contributed by atoms with Crippen molar-refractivity contribution in [2.45, 2.75) is 105 Å². The Balaban J connectivity index is 0.00000233. The summed E-state index contributed by atoms with van der Waals surface area (Å²) in [6.45, 7) is 10.1. The average Bonchev–Trinajstić information content (AvgIpc) is 3.22. The van der Waals surface area contributed by atoms with Gasteiger partial charge in [-0.3, -0.25) is 9.59 Å². The van der Waals surface area contributed by atoms with Crippen LogP contribution in [0.3, 0.4) is 0 Å². The maximum atomic E-state index is 14.0. The zero-order chi connectivity index (χ0) is 23.7. The van der Waals surface area contributed by atoms with Crippen molar-refractivity contribution in [1.82, 2.24) is 0 Å². The molecule has 0 aromatic heterocycles. The minimum atomic E-state index is -1.00. The predicted molar refractivity (Wildman–Crippen MR) is 130 cm³/mol. The van der Waals surface area contributed by atoms with Crippen molar-refractivity contribution in [3.05, 3.63) is 34.4 Å². The van der Waals surface area contributed by atoms with Gasteiger partial charge in [0.2, 0.25) is 0 Å². The highest BCUT2D eigenvalue weighted by Crippen LogP contribution is 2.56. The van der Waals surface area contributed by atoms with Crippen LogP contribution in [0.2, 0.25) is 0 Å². The van der Waals surface area contributed by atoms with E-state index in [0.29, 0.717) is 19.3 Å². The highest BCUT2D eigenvalue weighted by atomic mass is 31.0. The van der Waals surface area contributed by atoms with Gasteiger partial charge in [0.05, 0.1) is 5.41 Å². The van der Waals surface area contributed by atoms with Crippen molar-refractivity contribution in [2.24, 2.45) is 10.8 Å². The fourth-order valence-electron chi connectivity index (χ4n) is 5.60. The number of carboxylic acids is 1. The van der Waals surface area contributed by atoms with Crippen LogP contribution in [0.15, 0.2) is 12.1 Å². The molecule has 0 saturated heterocycles. The number of rotatable bonds is 11. The van der Waals surface area contributed by atoms with Crippen LogP contribution in [-0.4, -0.2) is 16.9 Å². The largest absolute Gasteiger partial charge is 0.481 e. The van der Waals surface area contributed by atoms with Gasteiger partial charge in [0, 0.05) is 11.0 Å². The lowest BCUT2D eigenvalue weighted by atomic mass is 9.57. The Hall–Kier alpha value is -1.54. The SMILES string of the molecule is CCCCCCCCC(C)(C(=O)O)C1(C(=O)c2c(C)cc(C)cc2C)CCCC1.O=[PH2+]. The first kappa shape index (κ1) is 27.5. The molecule has 2 atom stereocenters. The molecule has 0 amide bonds. The third kappa shape index (κ3) is 6.04. The number of aliphatic carboxylic acids is 1. The zero-order valence-corrected chi connectivity index (χ0v) is 21.3. The van der Waals surface area contributed by atoms with E-state index in [4.69, 9.17) is 4.57 Å². The summed E-state index contributed by atoms with van der Waals surface area (Å²) in [4.78, 5) is 26.6. The maximum Gasteiger partial charge on any atom is 0.310 e. The summed E-state index contributed by atoms with van der Waals surface area (Å²) in [6, 6.07) is 4.10. The lowest BCUT2D eigenvalue weighted by Gasteiger charge is -2.43. The Kier molecular flexibility index (Phi) is 11.1. The highest BCUT2D eigenvalue weighted by molar-refractivity contribution is 7.00. The number of carbonyl (C=O) groups is 2. The van der Waals surface area contributed by atoms with Crippen LogP contribution >= 0.6 is 9.12 Å². The second-order valence-corrected chi connectivity index (χ2v) is 9.55. The van der Waals surface area contributed by atoms with Gasteiger partial charge in [-0.2, -0.15) is 0 Å². The van der Waals surface area contributed by atoms with Crippen molar-refractivity contribution in [2.75, 3.05) is 0 Å². The van der Waals surface area contributed by atoms with Gasteiger partial charge in [-0.25, -0.2) is 0 Å². The summed E-state index contributed by atoms with van der Waals surface area (Å²) in [6.07, 6.45) is 10.6. The Morgan fingerprint density at radius 1 is 0.968 bits per heavy atom. The number of benzene rings is 1. The van der Waals surface area contributed by atoms with E-state index in [-0.39, 0.29) is 5.78 Å². The fourth-order valence-corrected chi connectivity index (χ4v) is 5.60. The van der Waals surface area contributed by atoms with Crippen molar-refractivity contribution in [3.8, 4) is 0 Å². The summed E-state index contributed by atoms with van der Waals surface area (Å²) in [5.74, 6) is -0.732. The molecule has 0 heterocycles. The molecule has 0 radical (unpaired) electrons.